The van der Waals surface area contributed by atoms with Crippen LogP contribution in [0.15, 0.2) is 12.1 Å². The van der Waals surface area contributed by atoms with E-state index in [9.17, 15) is 26.3 Å². The standard InChI is InChI=1S/C8H3ClF6O/c9-4-2-1-3(7(10,11)12)6(16)5(4)8(13,14)15/h1-2,16H. The first-order valence-electron chi connectivity index (χ1n) is 3.71. The fourth-order valence-corrected chi connectivity index (χ4v) is 1.32. The van der Waals surface area contributed by atoms with E-state index in [-0.39, 0.29) is 6.07 Å². The number of hydrogen-bond donors (Lipinski definition) is 1. The van der Waals surface area contributed by atoms with Gasteiger partial charge in [-0.25, -0.2) is 0 Å². The van der Waals surface area contributed by atoms with Crippen molar-refractivity contribution in [1.82, 2.24) is 0 Å². The lowest BCUT2D eigenvalue weighted by Crippen LogP contribution is -2.12. The number of phenols is 1. The minimum atomic E-state index is -5.15. The number of rotatable bonds is 0. The largest absolute Gasteiger partial charge is 0.507 e. The molecule has 1 aromatic rings. The first kappa shape index (κ1) is 13.0. The molecule has 0 spiro atoms. The van der Waals surface area contributed by atoms with Crippen LogP contribution >= 0.6 is 11.6 Å². The Balaban J connectivity index is 3.52. The van der Waals surface area contributed by atoms with Gasteiger partial charge in [-0.15, -0.1) is 0 Å². The second kappa shape index (κ2) is 3.73. The molecule has 0 aromatic heterocycles. The number of aromatic hydroxyl groups is 1. The molecule has 1 N–H and O–H groups in total. The third-order valence-electron chi connectivity index (χ3n) is 1.72. The Bertz CT molecular complexity index is 408. The molecule has 0 aliphatic carbocycles. The lowest BCUT2D eigenvalue weighted by molar-refractivity contribution is -0.145. The molecule has 90 valence electrons. The molecule has 16 heavy (non-hydrogen) atoms. The number of halogens is 7. The van der Waals surface area contributed by atoms with Crippen LogP contribution in [0.3, 0.4) is 0 Å². The molecule has 1 nitrogen and oxygen atoms in total. The van der Waals surface area contributed by atoms with Gasteiger partial charge in [-0.2, -0.15) is 26.3 Å². The smallest absolute Gasteiger partial charge is 0.421 e. The Morgan fingerprint density at radius 1 is 0.938 bits per heavy atom. The van der Waals surface area contributed by atoms with Gasteiger partial charge in [0.2, 0.25) is 0 Å². The van der Waals surface area contributed by atoms with Gasteiger partial charge in [0, 0.05) is 0 Å². The summed E-state index contributed by atoms with van der Waals surface area (Å²) in [4.78, 5) is 0. The summed E-state index contributed by atoms with van der Waals surface area (Å²) in [6.07, 6.45) is -10.2. The van der Waals surface area contributed by atoms with Crippen LogP contribution in [0.5, 0.6) is 5.75 Å². The van der Waals surface area contributed by atoms with Crippen LogP contribution in [-0.2, 0) is 12.4 Å². The summed E-state index contributed by atoms with van der Waals surface area (Å²) in [5.41, 5.74) is -3.66. The summed E-state index contributed by atoms with van der Waals surface area (Å²) >= 11 is 5.09. The summed E-state index contributed by atoms with van der Waals surface area (Å²) in [5, 5.41) is 7.93. The van der Waals surface area contributed by atoms with E-state index in [1.807, 2.05) is 0 Å². The van der Waals surface area contributed by atoms with Gasteiger partial charge in [-0.1, -0.05) is 11.6 Å². The van der Waals surface area contributed by atoms with Gasteiger partial charge in [0.05, 0.1) is 10.6 Å². The van der Waals surface area contributed by atoms with Gasteiger partial charge >= 0.3 is 12.4 Å². The molecule has 1 aromatic carbocycles. The number of hydrogen-bond acceptors (Lipinski definition) is 1. The minimum Gasteiger partial charge on any atom is -0.507 e. The third-order valence-corrected chi connectivity index (χ3v) is 2.03. The highest BCUT2D eigenvalue weighted by Gasteiger charge is 2.42. The van der Waals surface area contributed by atoms with E-state index in [0.717, 1.165) is 0 Å². The van der Waals surface area contributed by atoms with Gasteiger partial charge in [0.25, 0.3) is 0 Å². The van der Waals surface area contributed by atoms with Crippen molar-refractivity contribution in [2.24, 2.45) is 0 Å². The van der Waals surface area contributed by atoms with E-state index in [1.165, 1.54) is 0 Å². The SMILES string of the molecule is Oc1c(C(F)(F)F)ccc(Cl)c1C(F)(F)F. The molecule has 0 heterocycles. The van der Waals surface area contributed by atoms with Crippen LogP contribution in [0.4, 0.5) is 26.3 Å². The van der Waals surface area contributed by atoms with Gasteiger partial charge in [-0.3, -0.25) is 0 Å². The van der Waals surface area contributed by atoms with Crippen molar-refractivity contribution in [1.29, 1.82) is 0 Å². The van der Waals surface area contributed by atoms with Gasteiger partial charge in [0.1, 0.15) is 11.3 Å². The van der Waals surface area contributed by atoms with Crippen molar-refractivity contribution < 1.29 is 31.4 Å². The minimum absolute atomic E-state index is 0.285. The third kappa shape index (κ3) is 2.34. The van der Waals surface area contributed by atoms with Crippen molar-refractivity contribution in [2.75, 3.05) is 0 Å². The average Bonchev–Trinajstić information content (AvgIpc) is 1.97. The maximum atomic E-state index is 12.3. The first-order valence-corrected chi connectivity index (χ1v) is 4.09. The molecule has 0 bridgehead atoms. The maximum Gasteiger partial charge on any atom is 0.421 e. The molecule has 0 unspecified atom stereocenters. The lowest BCUT2D eigenvalue weighted by Gasteiger charge is -2.15. The van der Waals surface area contributed by atoms with Crippen LogP contribution in [0.1, 0.15) is 11.1 Å². The lowest BCUT2D eigenvalue weighted by atomic mass is 10.1. The van der Waals surface area contributed by atoms with E-state index in [1.54, 1.807) is 0 Å². The van der Waals surface area contributed by atoms with E-state index in [4.69, 9.17) is 16.7 Å². The highest BCUT2D eigenvalue weighted by molar-refractivity contribution is 6.31. The molecule has 0 radical (unpaired) electrons. The average molecular weight is 265 g/mol. The fraction of sp³-hybridized carbons (Fsp3) is 0.250. The zero-order chi connectivity index (χ0) is 12.7. The molecule has 8 heteroatoms. The summed E-state index contributed by atoms with van der Waals surface area (Å²) in [6.45, 7) is 0. The van der Waals surface area contributed by atoms with Crippen LogP contribution in [-0.4, -0.2) is 5.11 Å². The Morgan fingerprint density at radius 2 is 1.44 bits per heavy atom. The second-order valence-electron chi connectivity index (χ2n) is 2.81. The number of phenolic OH excluding ortho intramolecular Hbond substituents is 1. The van der Waals surface area contributed by atoms with Crippen LogP contribution in [0, 0.1) is 0 Å². The molecule has 0 amide bonds. The van der Waals surface area contributed by atoms with E-state index >= 15 is 0 Å². The predicted octanol–water partition coefficient (Wildman–Crippen LogP) is 4.08. The summed E-state index contributed by atoms with van der Waals surface area (Å²) in [6, 6.07) is 0.722. The predicted molar refractivity (Wildman–Crippen MR) is 43.1 cm³/mol. The van der Waals surface area contributed by atoms with Crippen molar-refractivity contribution in [3.63, 3.8) is 0 Å². The first-order chi connectivity index (χ1) is 7.05. The van der Waals surface area contributed by atoms with Crippen LogP contribution in [0.2, 0.25) is 5.02 Å². The summed E-state index contributed by atoms with van der Waals surface area (Å²) in [5.74, 6) is -1.91. The molecular weight excluding hydrogens is 262 g/mol. The molecule has 0 aliphatic rings. The fourth-order valence-electron chi connectivity index (χ4n) is 1.06. The molecule has 0 aliphatic heterocycles. The van der Waals surface area contributed by atoms with Gasteiger partial charge in [-0.05, 0) is 12.1 Å². The van der Waals surface area contributed by atoms with Crippen molar-refractivity contribution in [3.8, 4) is 5.75 Å². The van der Waals surface area contributed by atoms with E-state index < -0.39 is 34.3 Å². The normalized spacial score (nSPS) is 12.9. The summed E-state index contributed by atoms with van der Waals surface area (Å²) in [7, 11) is 0. The Labute approximate surface area is 90.3 Å². The second-order valence-corrected chi connectivity index (χ2v) is 3.22. The Hall–Kier alpha value is -1.11. The zero-order valence-corrected chi connectivity index (χ0v) is 8.00. The highest BCUT2D eigenvalue weighted by atomic mass is 35.5. The van der Waals surface area contributed by atoms with E-state index in [2.05, 4.69) is 0 Å². The molecular formula is C8H3ClF6O. The number of benzene rings is 1. The molecule has 1 rings (SSSR count). The quantitative estimate of drug-likeness (QED) is 0.700. The van der Waals surface area contributed by atoms with Crippen molar-refractivity contribution in [3.05, 3.63) is 28.3 Å². The molecule has 0 saturated carbocycles. The van der Waals surface area contributed by atoms with Crippen molar-refractivity contribution >= 4 is 11.6 Å². The molecule has 0 fully saturated rings. The number of alkyl halides is 6. The maximum absolute atomic E-state index is 12.3. The van der Waals surface area contributed by atoms with Crippen LogP contribution in [0.25, 0.3) is 0 Å². The Morgan fingerprint density at radius 3 is 1.81 bits per heavy atom. The molecule has 0 saturated heterocycles. The zero-order valence-electron chi connectivity index (χ0n) is 7.25. The highest BCUT2D eigenvalue weighted by Crippen LogP contribution is 2.46. The molecule has 0 atom stereocenters. The van der Waals surface area contributed by atoms with Crippen molar-refractivity contribution in [2.45, 2.75) is 12.4 Å². The van der Waals surface area contributed by atoms with Gasteiger partial charge < -0.3 is 5.11 Å². The monoisotopic (exact) mass is 264 g/mol. The van der Waals surface area contributed by atoms with Gasteiger partial charge in [0.15, 0.2) is 0 Å². The van der Waals surface area contributed by atoms with E-state index in [0.29, 0.717) is 6.07 Å². The Kier molecular flexibility index (Phi) is 3.02. The topological polar surface area (TPSA) is 20.2 Å². The van der Waals surface area contributed by atoms with Crippen LogP contribution < -0.4 is 0 Å². The summed E-state index contributed by atoms with van der Waals surface area (Å²) < 4.78 is 73.3.